The van der Waals surface area contributed by atoms with Crippen LogP contribution < -0.4 is 10.1 Å². The fourth-order valence-electron chi connectivity index (χ4n) is 3.13. The molecule has 0 fully saturated rings. The summed E-state index contributed by atoms with van der Waals surface area (Å²) >= 11 is 7.45. The largest absolute Gasteiger partial charge is 0.495 e. The molecule has 0 aliphatic carbocycles. The SMILES string of the molecule is CCn1c(-c2ccc(C(=O)Nc3cc(Cl)ccc3OC)s2)nc2ccccc21. The molecule has 0 radical (unpaired) electrons. The molecule has 4 rings (SSSR count). The van der Waals surface area contributed by atoms with Gasteiger partial charge in [-0.3, -0.25) is 4.79 Å². The number of carbonyl (C=O) groups excluding carboxylic acids is 1. The Bertz CT molecular complexity index is 1170. The van der Waals surface area contributed by atoms with Crippen molar-refractivity contribution in [3.63, 3.8) is 0 Å². The Morgan fingerprint density at radius 2 is 2.04 bits per heavy atom. The number of halogens is 1. The predicted molar refractivity (Wildman–Crippen MR) is 115 cm³/mol. The fraction of sp³-hybridized carbons (Fsp3) is 0.143. The van der Waals surface area contributed by atoms with Gasteiger partial charge in [-0.1, -0.05) is 23.7 Å². The van der Waals surface area contributed by atoms with Crippen LogP contribution in [-0.2, 0) is 6.54 Å². The molecule has 2 aromatic carbocycles. The van der Waals surface area contributed by atoms with Gasteiger partial charge in [-0.2, -0.15) is 0 Å². The van der Waals surface area contributed by atoms with Crippen molar-refractivity contribution in [2.24, 2.45) is 0 Å². The van der Waals surface area contributed by atoms with Gasteiger partial charge >= 0.3 is 0 Å². The van der Waals surface area contributed by atoms with Crippen LogP contribution >= 0.6 is 22.9 Å². The lowest BCUT2D eigenvalue weighted by Gasteiger charge is -2.09. The van der Waals surface area contributed by atoms with E-state index >= 15 is 0 Å². The van der Waals surface area contributed by atoms with Gasteiger partial charge in [-0.05, 0) is 49.4 Å². The van der Waals surface area contributed by atoms with E-state index in [0.29, 0.717) is 21.3 Å². The second kappa shape index (κ2) is 7.66. The maximum atomic E-state index is 12.7. The van der Waals surface area contributed by atoms with Crippen LogP contribution in [0.3, 0.4) is 0 Å². The molecule has 1 amide bonds. The molecule has 1 N–H and O–H groups in total. The first-order valence-electron chi connectivity index (χ1n) is 8.81. The highest BCUT2D eigenvalue weighted by molar-refractivity contribution is 7.17. The quantitative estimate of drug-likeness (QED) is 0.458. The summed E-state index contributed by atoms with van der Waals surface area (Å²) in [4.78, 5) is 19.0. The highest BCUT2D eigenvalue weighted by Gasteiger charge is 2.17. The lowest BCUT2D eigenvalue weighted by molar-refractivity contribution is 0.103. The van der Waals surface area contributed by atoms with Gasteiger partial charge in [0.1, 0.15) is 5.75 Å². The molecule has 0 saturated heterocycles. The van der Waals surface area contributed by atoms with Gasteiger partial charge in [0.25, 0.3) is 5.91 Å². The van der Waals surface area contributed by atoms with E-state index in [1.54, 1.807) is 25.3 Å². The Morgan fingerprint density at radius 1 is 1.21 bits per heavy atom. The summed E-state index contributed by atoms with van der Waals surface area (Å²) in [6.07, 6.45) is 0. The zero-order valence-electron chi connectivity index (χ0n) is 15.4. The van der Waals surface area contributed by atoms with Crippen molar-refractivity contribution in [2.45, 2.75) is 13.5 Å². The smallest absolute Gasteiger partial charge is 0.265 e. The molecule has 0 atom stereocenters. The van der Waals surface area contributed by atoms with Crippen LogP contribution in [0.1, 0.15) is 16.6 Å². The monoisotopic (exact) mass is 411 g/mol. The van der Waals surface area contributed by atoms with Gasteiger partial charge in [0.15, 0.2) is 5.82 Å². The summed E-state index contributed by atoms with van der Waals surface area (Å²) in [7, 11) is 1.55. The number of ether oxygens (including phenoxy) is 1. The number of para-hydroxylation sites is 2. The van der Waals surface area contributed by atoms with Crippen LogP contribution in [0.25, 0.3) is 21.7 Å². The maximum Gasteiger partial charge on any atom is 0.265 e. The molecule has 4 aromatic rings. The number of hydrogen-bond donors (Lipinski definition) is 1. The first kappa shape index (κ1) is 18.5. The molecule has 0 spiro atoms. The molecule has 2 aromatic heterocycles. The van der Waals surface area contributed by atoms with Crippen LogP contribution in [0.5, 0.6) is 5.75 Å². The Balaban J connectivity index is 1.65. The molecule has 0 aliphatic heterocycles. The number of fused-ring (bicyclic) bond motifs is 1. The average molecular weight is 412 g/mol. The Labute approximate surface area is 171 Å². The molecule has 28 heavy (non-hydrogen) atoms. The van der Waals surface area contributed by atoms with E-state index < -0.39 is 0 Å². The average Bonchev–Trinajstić information content (AvgIpc) is 3.32. The van der Waals surface area contributed by atoms with Crippen molar-refractivity contribution in [1.29, 1.82) is 0 Å². The zero-order valence-corrected chi connectivity index (χ0v) is 17.0. The van der Waals surface area contributed by atoms with Crippen LogP contribution in [0.15, 0.2) is 54.6 Å². The summed E-state index contributed by atoms with van der Waals surface area (Å²) in [5.41, 5.74) is 2.57. The summed E-state index contributed by atoms with van der Waals surface area (Å²) in [6.45, 7) is 2.89. The number of imidazole rings is 1. The van der Waals surface area contributed by atoms with E-state index in [1.165, 1.54) is 11.3 Å². The van der Waals surface area contributed by atoms with E-state index in [2.05, 4.69) is 22.9 Å². The molecule has 5 nitrogen and oxygen atoms in total. The summed E-state index contributed by atoms with van der Waals surface area (Å²) in [5.74, 6) is 1.21. The molecule has 7 heteroatoms. The normalized spacial score (nSPS) is 11.0. The van der Waals surface area contributed by atoms with E-state index in [1.807, 2.05) is 30.3 Å². The molecule has 0 aliphatic rings. The number of rotatable bonds is 5. The Hall–Kier alpha value is -2.83. The maximum absolute atomic E-state index is 12.7. The number of thiophene rings is 1. The number of aromatic nitrogens is 2. The number of carbonyl (C=O) groups is 1. The molecule has 0 bridgehead atoms. The van der Waals surface area contributed by atoms with E-state index in [9.17, 15) is 4.79 Å². The number of benzene rings is 2. The first-order valence-corrected chi connectivity index (χ1v) is 10.0. The third-order valence-electron chi connectivity index (χ3n) is 4.43. The minimum atomic E-state index is -0.212. The summed E-state index contributed by atoms with van der Waals surface area (Å²) in [5, 5.41) is 3.40. The zero-order chi connectivity index (χ0) is 19.7. The minimum Gasteiger partial charge on any atom is -0.495 e. The highest BCUT2D eigenvalue weighted by atomic mass is 35.5. The highest BCUT2D eigenvalue weighted by Crippen LogP contribution is 2.32. The predicted octanol–water partition coefficient (Wildman–Crippen LogP) is 5.70. The number of aryl methyl sites for hydroxylation is 1. The van der Waals surface area contributed by atoms with Crippen molar-refractivity contribution in [3.8, 4) is 16.5 Å². The lowest BCUT2D eigenvalue weighted by atomic mass is 10.3. The van der Waals surface area contributed by atoms with Crippen molar-refractivity contribution in [3.05, 3.63) is 64.5 Å². The van der Waals surface area contributed by atoms with Gasteiger partial charge in [0.05, 0.1) is 33.6 Å². The number of amides is 1. The van der Waals surface area contributed by atoms with Gasteiger partial charge < -0.3 is 14.6 Å². The van der Waals surface area contributed by atoms with E-state index in [4.69, 9.17) is 21.3 Å². The Morgan fingerprint density at radius 3 is 2.82 bits per heavy atom. The molecule has 0 saturated carbocycles. The van der Waals surface area contributed by atoms with E-state index in [-0.39, 0.29) is 5.91 Å². The second-order valence-electron chi connectivity index (χ2n) is 6.13. The lowest BCUT2D eigenvalue weighted by Crippen LogP contribution is -2.11. The molecule has 2 heterocycles. The second-order valence-corrected chi connectivity index (χ2v) is 7.65. The molecular weight excluding hydrogens is 394 g/mol. The van der Waals surface area contributed by atoms with Gasteiger partial charge in [0.2, 0.25) is 0 Å². The molecule has 142 valence electrons. The van der Waals surface area contributed by atoms with Crippen molar-refractivity contribution in [2.75, 3.05) is 12.4 Å². The van der Waals surface area contributed by atoms with Crippen LogP contribution in [0.2, 0.25) is 5.02 Å². The van der Waals surface area contributed by atoms with Gasteiger partial charge in [-0.15, -0.1) is 11.3 Å². The fourth-order valence-corrected chi connectivity index (χ4v) is 4.20. The topological polar surface area (TPSA) is 56.2 Å². The van der Waals surface area contributed by atoms with Crippen molar-refractivity contribution >= 4 is 45.6 Å². The summed E-state index contributed by atoms with van der Waals surface area (Å²) < 4.78 is 7.45. The van der Waals surface area contributed by atoms with Gasteiger partial charge in [0, 0.05) is 11.6 Å². The van der Waals surface area contributed by atoms with Crippen LogP contribution in [0.4, 0.5) is 5.69 Å². The van der Waals surface area contributed by atoms with Crippen LogP contribution in [-0.4, -0.2) is 22.6 Å². The number of anilines is 1. The first-order chi connectivity index (χ1) is 13.6. The van der Waals surface area contributed by atoms with Crippen molar-refractivity contribution < 1.29 is 9.53 Å². The third-order valence-corrected chi connectivity index (χ3v) is 5.75. The number of nitrogens with zero attached hydrogens (tertiary/aromatic N) is 2. The molecule has 0 unspecified atom stereocenters. The summed E-state index contributed by atoms with van der Waals surface area (Å²) in [6, 6.07) is 16.9. The third kappa shape index (κ3) is 3.37. The van der Waals surface area contributed by atoms with Crippen molar-refractivity contribution in [1.82, 2.24) is 9.55 Å². The number of hydrogen-bond acceptors (Lipinski definition) is 4. The van der Waals surface area contributed by atoms with Crippen LogP contribution in [0, 0.1) is 0 Å². The number of nitrogens with one attached hydrogen (secondary N) is 1. The standard InChI is InChI=1S/C21H18ClN3O2S/c1-3-25-16-7-5-4-6-14(16)23-20(25)18-10-11-19(28-18)21(26)24-15-12-13(22)8-9-17(15)27-2/h4-12H,3H2,1-2H3,(H,24,26). The molecular formula is C21H18ClN3O2S. The minimum absolute atomic E-state index is 0.212. The van der Waals surface area contributed by atoms with E-state index in [0.717, 1.165) is 28.3 Å². The number of methoxy groups -OCH3 is 1. The van der Waals surface area contributed by atoms with Gasteiger partial charge in [-0.25, -0.2) is 4.98 Å². The Kier molecular flexibility index (Phi) is 5.07.